The number of hydrogen-bond acceptors (Lipinski definition) is 5. The van der Waals surface area contributed by atoms with Crippen LogP contribution in [0.4, 0.5) is 5.82 Å². The fraction of sp³-hybridized carbons (Fsp3) is 0.235. The standard InChI is InChI=1S/C17H17N7/c18-16-15-14(22-17(23-15)10-3-5-19-8-10)11-2-1-9(7-13(11)21-16)12-4-6-20-24-12/h1-2,4,6-7,10,19H,3,5,8H2,(H2,18,21)(H,20,24)(H,22,23). The Morgan fingerprint density at radius 1 is 1.17 bits per heavy atom. The summed E-state index contributed by atoms with van der Waals surface area (Å²) < 4.78 is 0. The van der Waals surface area contributed by atoms with Crippen LogP contribution in [0, 0.1) is 0 Å². The van der Waals surface area contributed by atoms with Gasteiger partial charge in [0.2, 0.25) is 0 Å². The number of imidazole rings is 1. The highest BCUT2D eigenvalue weighted by Crippen LogP contribution is 2.31. The average Bonchev–Trinajstić information content (AvgIpc) is 3.33. The Hall–Kier alpha value is -2.93. The number of hydrogen-bond donors (Lipinski definition) is 4. The SMILES string of the molecule is Nc1nc2cc(-c3cc[nH]n3)ccc2c2[nH]c(C3CCNC3)nc12. The molecule has 4 aromatic rings. The minimum absolute atomic E-state index is 0.412. The summed E-state index contributed by atoms with van der Waals surface area (Å²) in [4.78, 5) is 12.8. The second-order valence-corrected chi connectivity index (χ2v) is 6.22. The molecular weight excluding hydrogens is 302 g/mol. The van der Waals surface area contributed by atoms with Crippen LogP contribution in [-0.4, -0.2) is 38.2 Å². The number of nitrogens with one attached hydrogen (secondary N) is 3. The van der Waals surface area contributed by atoms with Gasteiger partial charge in [-0.2, -0.15) is 5.10 Å². The number of pyridine rings is 1. The minimum atomic E-state index is 0.412. The van der Waals surface area contributed by atoms with Crippen LogP contribution in [0.1, 0.15) is 18.2 Å². The monoisotopic (exact) mass is 319 g/mol. The first kappa shape index (κ1) is 13.5. The Balaban J connectivity index is 1.71. The van der Waals surface area contributed by atoms with Gasteiger partial charge in [0, 0.05) is 29.6 Å². The summed E-state index contributed by atoms with van der Waals surface area (Å²) in [7, 11) is 0. The first-order valence-corrected chi connectivity index (χ1v) is 8.09. The Bertz CT molecular complexity index is 1030. The van der Waals surface area contributed by atoms with Gasteiger partial charge in [0.15, 0.2) is 5.82 Å². The van der Waals surface area contributed by atoms with Gasteiger partial charge in [-0.25, -0.2) is 9.97 Å². The van der Waals surface area contributed by atoms with Gasteiger partial charge in [-0.1, -0.05) is 6.07 Å². The van der Waals surface area contributed by atoms with Crippen molar-refractivity contribution in [1.82, 2.24) is 30.5 Å². The van der Waals surface area contributed by atoms with E-state index in [-0.39, 0.29) is 0 Å². The van der Waals surface area contributed by atoms with Gasteiger partial charge in [-0.3, -0.25) is 5.10 Å². The Morgan fingerprint density at radius 2 is 2.12 bits per heavy atom. The number of nitrogens with zero attached hydrogens (tertiary/aromatic N) is 3. The second kappa shape index (κ2) is 5.04. The number of aromatic nitrogens is 5. The van der Waals surface area contributed by atoms with Gasteiger partial charge in [-0.15, -0.1) is 0 Å². The predicted octanol–water partition coefficient (Wildman–Crippen LogP) is 2.16. The van der Waals surface area contributed by atoms with E-state index in [1.165, 1.54) is 0 Å². The van der Waals surface area contributed by atoms with Crippen molar-refractivity contribution < 1.29 is 0 Å². The van der Waals surface area contributed by atoms with Crippen LogP contribution in [-0.2, 0) is 0 Å². The van der Waals surface area contributed by atoms with E-state index in [1.807, 2.05) is 18.2 Å². The maximum Gasteiger partial charge on any atom is 0.152 e. The first-order valence-electron chi connectivity index (χ1n) is 8.09. The number of benzene rings is 1. The maximum atomic E-state index is 6.17. The van der Waals surface area contributed by atoms with Crippen LogP contribution >= 0.6 is 0 Å². The third-order valence-corrected chi connectivity index (χ3v) is 4.72. The van der Waals surface area contributed by atoms with Crippen LogP contribution < -0.4 is 11.1 Å². The third-order valence-electron chi connectivity index (χ3n) is 4.72. The summed E-state index contributed by atoms with van der Waals surface area (Å²) in [6.07, 6.45) is 2.90. The molecule has 0 spiro atoms. The Kier molecular flexibility index (Phi) is 2.83. The highest BCUT2D eigenvalue weighted by atomic mass is 15.1. The summed E-state index contributed by atoms with van der Waals surface area (Å²) in [6.45, 7) is 1.98. The molecule has 0 radical (unpaired) electrons. The lowest BCUT2D eigenvalue weighted by Gasteiger charge is -2.04. The van der Waals surface area contributed by atoms with Crippen molar-refractivity contribution in [2.24, 2.45) is 0 Å². The highest BCUT2D eigenvalue weighted by molar-refractivity contribution is 6.07. The molecule has 5 rings (SSSR count). The van der Waals surface area contributed by atoms with E-state index in [9.17, 15) is 0 Å². The summed E-state index contributed by atoms with van der Waals surface area (Å²) in [5.74, 6) is 1.87. The molecule has 1 saturated heterocycles. The lowest BCUT2D eigenvalue weighted by molar-refractivity contribution is 0.717. The smallest absolute Gasteiger partial charge is 0.152 e. The number of rotatable bonds is 2. The van der Waals surface area contributed by atoms with E-state index in [0.717, 1.165) is 58.5 Å². The molecule has 1 fully saturated rings. The number of anilines is 1. The molecule has 0 bridgehead atoms. The van der Waals surface area contributed by atoms with E-state index in [2.05, 4.69) is 31.5 Å². The molecular formula is C17H17N7. The molecule has 1 aromatic carbocycles. The second-order valence-electron chi connectivity index (χ2n) is 6.22. The van der Waals surface area contributed by atoms with E-state index < -0.39 is 0 Å². The zero-order valence-electron chi connectivity index (χ0n) is 13.0. The van der Waals surface area contributed by atoms with Crippen LogP contribution in [0.2, 0.25) is 0 Å². The quantitative estimate of drug-likeness (QED) is 0.453. The molecule has 120 valence electrons. The van der Waals surface area contributed by atoms with Gasteiger partial charge in [0.05, 0.1) is 16.7 Å². The lowest BCUT2D eigenvalue weighted by Crippen LogP contribution is -2.08. The molecule has 0 aliphatic carbocycles. The summed E-state index contributed by atoms with van der Waals surface area (Å²) >= 11 is 0. The first-order chi connectivity index (χ1) is 11.8. The molecule has 1 atom stereocenters. The van der Waals surface area contributed by atoms with Gasteiger partial charge < -0.3 is 16.0 Å². The van der Waals surface area contributed by atoms with E-state index in [1.54, 1.807) is 6.20 Å². The van der Waals surface area contributed by atoms with E-state index >= 15 is 0 Å². The van der Waals surface area contributed by atoms with Crippen molar-refractivity contribution in [2.45, 2.75) is 12.3 Å². The van der Waals surface area contributed by atoms with Crippen molar-refractivity contribution in [3.05, 3.63) is 36.3 Å². The van der Waals surface area contributed by atoms with Crippen LogP contribution in [0.15, 0.2) is 30.5 Å². The fourth-order valence-corrected chi connectivity index (χ4v) is 3.45. The normalized spacial score (nSPS) is 17.9. The van der Waals surface area contributed by atoms with Crippen molar-refractivity contribution in [3.63, 3.8) is 0 Å². The van der Waals surface area contributed by atoms with Gasteiger partial charge in [-0.05, 0) is 31.2 Å². The molecule has 0 saturated carbocycles. The van der Waals surface area contributed by atoms with Crippen molar-refractivity contribution in [3.8, 4) is 11.3 Å². The van der Waals surface area contributed by atoms with Gasteiger partial charge in [0.1, 0.15) is 11.3 Å². The minimum Gasteiger partial charge on any atom is -0.382 e. The fourth-order valence-electron chi connectivity index (χ4n) is 3.45. The van der Waals surface area contributed by atoms with E-state index in [0.29, 0.717) is 11.7 Å². The third kappa shape index (κ3) is 1.98. The summed E-state index contributed by atoms with van der Waals surface area (Å²) in [6, 6.07) is 8.06. The molecule has 5 N–H and O–H groups in total. The van der Waals surface area contributed by atoms with Crippen LogP contribution in [0.25, 0.3) is 33.2 Å². The topological polar surface area (TPSA) is 108 Å². The molecule has 1 aliphatic rings. The molecule has 4 heterocycles. The number of fused-ring (bicyclic) bond motifs is 3. The maximum absolute atomic E-state index is 6.17. The molecule has 0 amide bonds. The summed E-state index contributed by atoms with van der Waals surface area (Å²) in [5.41, 5.74) is 10.6. The summed E-state index contributed by atoms with van der Waals surface area (Å²) in [5, 5.41) is 11.5. The highest BCUT2D eigenvalue weighted by Gasteiger charge is 2.21. The van der Waals surface area contributed by atoms with Gasteiger partial charge >= 0.3 is 0 Å². The molecule has 24 heavy (non-hydrogen) atoms. The zero-order chi connectivity index (χ0) is 16.1. The lowest BCUT2D eigenvalue weighted by atomic mass is 10.1. The number of nitrogen functional groups attached to an aromatic ring is 1. The average molecular weight is 319 g/mol. The van der Waals surface area contributed by atoms with Crippen LogP contribution in [0.5, 0.6) is 0 Å². The molecule has 3 aromatic heterocycles. The molecule has 7 nitrogen and oxygen atoms in total. The van der Waals surface area contributed by atoms with Crippen LogP contribution in [0.3, 0.4) is 0 Å². The predicted molar refractivity (Wildman–Crippen MR) is 93.6 cm³/mol. The zero-order valence-corrected chi connectivity index (χ0v) is 13.0. The van der Waals surface area contributed by atoms with Crippen molar-refractivity contribution >= 4 is 27.8 Å². The molecule has 7 heteroatoms. The van der Waals surface area contributed by atoms with Gasteiger partial charge in [0.25, 0.3) is 0 Å². The van der Waals surface area contributed by atoms with Crippen molar-refractivity contribution in [1.29, 1.82) is 0 Å². The Labute approximate surface area is 137 Å². The number of aromatic amines is 2. The largest absolute Gasteiger partial charge is 0.382 e. The number of nitrogens with two attached hydrogens (primary N) is 1. The number of H-pyrrole nitrogens is 2. The van der Waals surface area contributed by atoms with Crippen molar-refractivity contribution in [2.75, 3.05) is 18.8 Å². The Morgan fingerprint density at radius 3 is 2.92 bits per heavy atom. The molecule has 1 unspecified atom stereocenters. The van der Waals surface area contributed by atoms with E-state index in [4.69, 9.17) is 10.7 Å². The molecule has 1 aliphatic heterocycles.